The van der Waals surface area contributed by atoms with Crippen molar-refractivity contribution in [3.8, 4) is 0 Å². The molecule has 0 aliphatic carbocycles. The summed E-state index contributed by atoms with van der Waals surface area (Å²) in [5, 5.41) is 10.0. The summed E-state index contributed by atoms with van der Waals surface area (Å²) in [4.78, 5) is 0. The fourth-order valence-corrected chi connectivity index (χ4v) is 1.90. The second kappa shape index (κ2) is 5.68. The highest BCUT2D eigenvalue weighted by molar-refractivity contribution is 5.30. The van der Waals surface area contributed by atoms with Crippen LogP contribution in [0.2, 0.25) is 0 Å². The first-order valence-electron chi connectivity index (χ1n) is 6.52. The lowest BCUT2D eigenvalue weighted by molar-refractivity contribution is 0.146. The van der Waals surface area contributed by atoms with Crippen LogP contribution in [0, 0.1) is 19.3 Å². The minimum Gasteiger partial charge on any atom is -0.393 e. The number of hydrogen-bond donors (Lipinski definition) is 1. The summed E-state index contributed by atoms with van der Waals surface area (Å²) < 4.78 is 0. The molecule has 0 fully saturated rings. The monoisotopic (exact) mass is 234 g/mol. The molecule has 0 bridgehead atoms. The molecule has 0 aliphatic rings. The molecule has 1 rings (SSSR count). The average molecular weight is 234 g/mol. The Morgan fingerprint density at radius 2 is 1.76 bits per heavy atom. The van der Waals surface area contributed by atoms with Gasteiger partial charge in [-0.25, -0.2) is 0 Å². The first kappa shape index (κ1) is 14.2. The molecule has 0 radical (unpaired) electrons. The maximum absolute atomic E-state index is 10.0. The first-order valence-corrected chi connectivity index (χ1v) is 6.52. The lowest BCUT2D eigenvalue weighted by Crippen LogP contribution is -2.15. The second-order valence-electron chi connectivity index (χ2n) is 6.38. The summed E-state index contributed by atoms with van der Waals surface area (Å²) in [6, 6.07) is 6.46. The number of aliphatic hydroxyl groups excluding tert-OH is 1. The third-order valence-electron chi connectivity index (χ3n) is 3.27. The van der Waals surface area contributed by atoms with Crippen LogP contribution in [0.1, 0.15) is 50.3 Å². The van der Waals surface area contributed by atoms with Gasteiger partial charge in [0, 0.05) is 0 Å². The average Bonchev–Trinajstić information content (AvgIpc) is 2.20. The highest BCUT2D eigenvalue weighted by Gasteiger charge is 2.14. The van der Waals surface area contributed by atoms with Gasteiger partial charge in [-0.2, -0.15) is 0 Å². The van der Waals surface area contributed by atoms with E-state index in [1.54, 1.807) is 0 Å². The molecule has 0 aliphatic heterocycles. The van der Waals surface area contributed by atoms with Gasteiger partial charge in [0.2, 0.25) is 0 Å². The molecule has 0 saturated carbocycles. The van der Waals surface area contributed by atoms with Gasteiger partial charge in [0.1, 0.15) is 0 Å². The van der Waals surface area contributed by atoms with Crippen molar-refractivity contribution in [1.29, 1.82) is 0 Å². The molecule has 0 saturated heterocycles. The molecule has 0 spiro atoms. The van der Waals surface area contributed by atoms with Gasteiger partial charge < -0.3 is 5.11 Å². The van der Waals surface area contributed by atoms with Crippen molar-refractivity contribution >= 4 is 0 Å². The van der Waals surface area contributed by atoms with Gasteiger partial charge in [0.05, 0.1) is 6.10 Å². The van der Waals surface area contributed by atoms with E-state index in [1.807, 2.05) is 0 Å². The normalized spacial score (nSPS) is 13.8. The predicted molar refractivity (Wildman–Crippen MR) is 74.3 cm³/mol. The van der Waals surface area contributed by atoms with Crippen molar-refractivity contribution in [1.82, 2.24) is 0 Å². The molecule has 1 atom stereocenters. The SMILES string of the molecule is Cc1ccc(CC(O)CCC(C)(C)C)cc1C. The Hall–Kier alpha value is -0.820. The Morgan fingerprint density at radius 3 is 2.29 bits per heavy atom. The van der Waals surface area contributed by atoms with Crippen LogP contribution in [0.4, 0.5) is 0 Å². The summed E-state index contributed by atoms with van der Waals surface area (Å²) >= 11 is 0. The van der Waals surface area contributed by atoms with Crippen LogP contribution in [-0.2, 0) is 6.42 Å². The lowest BCUT2D eigenvalue weighted by Gasteiger charge is -2.20. The molecule has 17 heavy (non-hydrogen) atoms. The number of benzene rings is 1. The summed E-state index contributed by atoms with van der Waals surface area (Å²) in [5.41, 5.74) is 4.18. The molecule has 1 heteroatoms. The zero-order valence-electron chi connectivity index (χ0n) is 11.9. The number of rotatable bonds is 4. The summed E-state index contributed by atoms with van der Waals surface area (Å²) in [6.07, 6.45) is 2.52. The largest absolute Gasteiger partial charge is 0.393 e. The Bertz CT molecular complexity index is 360. The standard InChI is InChI=1S/C16H26O/c1-12-6-7-14(10-13(12)2)11-15(17)8-9-16(3,4)5/h6-7,10,15,17H,8-9,11H2,1-5H3. The maximum atomic E-state index is 10.0. The minimum absolute atomic E-state index is 0.212. The van der Waals surface area contributed by atoms with E-state index in [4.69, 9.17) is 0 Å². The molecule has 1 aromatic carbocycles. The van der Waals surface area contributed by atoms with Gasteiger partial charge in [-0.15, -0.1) is 0 Å². The third-order valence-corrected chi connectivity index (χ3v) is 3.27. The predicted octanol–water partition coefficient (Wildman–Crippen LogP) is 4.03. The van der Waals surface area contributed by atoms with Gasteiger partial charge in [0.25, 0.3) is 0 Å². The van der Waals surface area contributed by atoms with Crippen LogP contribution >= 0.6 is 0 Å². The van der Waals surface area contributed by atoms with E-state index < -0.39 is 0 Å². The Morgan fingerprint density at radius 1 is 1.12 bits per heavy atom. The molecule has 1 aromatic rings. The quantitative estimate of drug-likeness (QED) is 0.834. The van der Waals surface area contributed by atoms with Gasteiger partial charge in [-0.3, -0.25) is 0 Å². The van der Waals surface area contributed by atoms with Gasteiger partial charge >= 0.3 is 0 Å². The highest BCUT2D eigenvalue weighted by Crippen LogP contribution is 2.22. The van der Waals surface area contributed by atoms with E-state index in [1.165, 1.54) is 16.7 Å². The van der Waals surface area contributed by atoms with Crippen LogP contribution in [0.15, 0.2) is 18.2 Å². The molecule has 1 unspecified atom stereocenters. The Labute approximate surface area is 106 Å². The number of aliphatic hydroxyl groups is 1. The first-order chi connectivity index (χ1) is 7.78. The van der Waals surface area contributed by atoms with E-state index >= 15 is 0 Å². The van der Waals surface area contributed by atoms with Crippen molar-refractivity contribution < 1.29 is 5.11 Å². The fourth-order valence-electron chi connectivity index (χ4n) is 1.90. The van der Waals surface area contributed by atoms with Crippen molar-refractivity contribution in [3.05, 3.63) is 34.9 Å². The molecule has 1 nitrogen and oxygen atoms in total. The van der Waals surface area contributed by atoms with Crippen molar-refractivity contribution in [2.75, 3.05) is 0 Å². The molecule has 0 heterocycles. The molecule has 96 valence electrons. The maximum Gasteiger partial charge on any atom is 0.0580 e. The van der Waals surface area contributed by atoms with Crippen LogP contribution in [0.5, 0.6) is 0 Å². The fraction of sp³-hybridized carbons (Fsp3) is 0.625. The molecule has 0 amide bonds. The molecular weight excluding hydrogens is 208 g/mol. The summed E-state index contributed by atoms with van der Waals surface area (Å²) in [7, 11) is 0. The third kappa shape index (κ3) is 5.36. The second-order valence-corrected chi connectivity index (χ2v) is 6.38. The van der Waals surface area contributed by atoms with E-state index in [9.17, 15) is 5.11 Å². The Kier molecular flexibility index (Phi) is 4.76. The van der Waals surface area contributed by atoms with E-state index in [-0.39, 0.29) is 6.10 Å². The van der Waals surface area contributed by atoms with Gasteiger partial charge in [0.15, 0.2) is 0 Å². The molecular formula is C16H26O. The van der Waals surface area contributed by atoms with Crippen LogP contribution in [-0.4, -0.2) is 11.2 Å². The molecule has 0 aromatic heterocycles. The van der Waals surface area contributed by atoms with Crippen molar-refractivity contribution in [3.63, 3.8) is 0 Å². The van der Waals surface area contributed by atoms with Gasteiger partial charge in [-0.1, -0.05) is 39.0 Å². The van der Waals surface area contributed by atoms with Crippen LogP contribution in [0.25, 0.3) is 0 Å². The number of hydrogen-bond acceptors (Lipinski definition) is 1. The smallest absolute Gasteiger partial charge is 0.0580 e. The lowest BCUT2D eigenvalue weighted by atomic mass is 9.88. The van der Waals surface area contributed by atoms with Crippen LogP contribution < -0.4 is 0 Å². The Balaban J connectivity index is 2.50. The van der Waals surface area contributed by atoms with Gasteiger partial charge in [-0.05, 0) is 55.2 Å². The van der Waals surface area contributed by atoms with E-state index in [0.717, 1.165) is 19.3 Å². The molecule has 1 N–H and O–H groups in total. The zero-order chi connectivity index (χ0) is 13.1. The summed E-state index contributed by atoms with van der Waals surface area (Å²) in [6.45, 7) is 10.9. The minimum atomic E-state index is -0.212. The zero-order valence-corrected chi connectivity index (χ0v) is 11.9. The van der Waals surface area contributed by atoms with Crippen LogP contribution in [0.3, 0.4) is 0 Å². The van der Waals surface area contributed by atoms with Crippen molar-refractivity contribution in [2.24, 2.45) is 5.41 Å². The van der Waals surface area contributed by atoms with E-state index in [2.05, 4.69) is 52.8 Å². The topological polar surface area (TPSA) is 20.2 Å². The van der Waals surface area contributed by atoms with E-state index in [0.29, 0.717) is 5.41 Å². The summed E-state index contributed by atoms with van der Waals surface area (Å²) in [5.74, 6) is 0. The van der Waals surface area contributed by atoms with Crippen molar-refractivity contribution in [2.45, 2.75) is 60.0 Å². The number of aryl methyl sites for hydroxylation is 2. The highest BCUT2D eigenvalue weighted by atomic mass is 16.3.